The molecule has 2 rings (SSSR count). The molecule has 14 heavy (non-hydrogen) atoms. The first-order valence-electron chi connectivity index (χ1n) is 4.83. The SMILES string of the molecule is Cc1ccnc(NC2CCSC2)c1N. The van der Waals surface area contributed by atoms with Gasteiger partial charge in [-0.1, -0.05) is 0 Å². The Morgan fingerprint density at radius 3 is 3.21 bits per heavy atom. The van der Waals surface area contributed by atoms with Gasteiger partial charge in [-0.25, -0.2) is 4.98 Å². The van der Waals surface area contributed by atoms with Gasteiger partial charge in [0.25, 0.3) is 0 Å². The number of nitrogens with one attached hydrogen (secondary N) is 1. The molecule has 0 radical (unpaired) electrons. The van der Waals surface area contributed by atoms with Gasteiger partial charge < -0.3 is 11.1 Å². The molecule has 0 bridgehead atoms. The average molecular weight is 209 g/mol. The van der Waals surface area contributed by atoms with Crippen LogP contribution in [0.1, 0.15) is 12.0 Å². The van der Waals surface area contributed by atoms with E-state index < -0.39 is 0 Å². The summed E-state index contributed by atoms with van der Waals surface area (Å²) in [6.45, 7) is 2.01. The summed E-state index contributed by atoms with van der Waals surface area (Å²) < 4.78 is 0. The summed E-state index contributed by atoms with van der Waals surface area (Å²) in [5.41, 5.74) is 7.80. The number of hydrogen-bond donors (Lipinski definition) is 2. The number of nitrogens with zero attached hydrogens (tertiary/aromatic N) is 1. The topological polar surface area (TPSA) is 50.9 Å². The Balaban J connectivity index is 2.11. The largest absolute Gasteiger partial charge is 0.396 e. The van der Waals surface area contributed by atoms with E-state index in [1.807, 2.05) is 24.8 Å². The minimum Gasteiger partial charge on any atom is -0.396 e. The molecule has 1 saturated heterocycles. The van der Waals surface area contributed by atoms with Crippen LogP contribution in [-0.2, 0) is 0 Å². The van der Waals surface area contributed by atoms with Crippen molar-refractivity contribution in [3.05, 3.63) is 17.8 Å². The Morgan fingerprint density at radius 2 is 2.50 bits per heavy atom. The zero-order chi connectivity index (χ0) is 9.97. The Kier molecular flexibility index (Phi) is 2.82. The standard InChI is InChI=1S/C10H15N3S/c1-7-2-4-12-10(9(7)11)13-8-3-5-14-6-8/h2,4,8H,3,5-6,11H2,1H3,(H,12,13). The van der Waals surface area contributed by atoms with E-state index in [1.54, 1.807) is 6.20 Å². The van der Waals surface area contributed by atoms with Crippen molar-refractivity contribution in [2.24, 2.45) is 0 Å². The van der Waals surface area contributed by atoms with E-state index in [1.165, 1.54) is 12.2 Å². The van der Waals surface area contributed by atoms with Crippen LogP contribution in [0.2, 0.25) is 0 Å². The van der Waals surface area contributed by atoms with Crippen LogP contribution in [-0.4, -0.2) is 22.5 Å². The van der Waals surface area contributed by atoms with Crippen LogP contribution in [0.4, 0.5) is 11.5 Å². The molecule has 3 nitrogen and oxygen atoms in total. The van der Waals surface area contributed by atoms with Crippen LogP contribution in [0, 0.1) is 6.92 Å². The fourth-order valence-corrected chi connectivity index (χ4v) is 2.68. The highest BCUT2D eigenvalue weighted by atomic mass is 32.2. The van der Waals surface area contributed by atoms with Crippen LogP contribution in [0.25, 0.3) is 0 Å². The van der Waals surface area contributed by atoms with Crippen molar-refractivity contribution in [1.82, 2.24) is 4.98 Å². The lowest BCUT2D eigenvalue weighted by Gasteiger charge is -2.14. The van der Waals surface area contributed by atoms with Gasteiger partial charge in [0.2, 0.25) is 0 Å². The van der Waals surface area contributed by atoms with E-state index in [0.29, 0.717) is 6.04 Å². The Hall–Kier alpha value is -0.900. The third-order valence-corrected chi connectivity index (χ3v) is 3.64. The second kappa shape index (κ2) is 4.09. The summed E-state index contributed by atoms with van der Waals surface area (Å²) in [6.07, 6.45) is 3.01. The molecule has 76 valence electrons. The predicted octanol–water partition coefficient (Wildman–Crippen LogP) is 1.89. The third kappa shape index (κ3) is 1.95. The number of aryl methyl sites for hydroxylation is 1. The van der Waals surface area contributed by atoms with E-state index in [-0.39, 0.29) is 0 Å². The van der Waals surface area contributed by atoms with E-state index in [4.69, 9.17) is 5.73 Å². The first kappa shape index (κ1) is 9.65. The first-order valence-corrected chi connectivity index (χ1v) is 5.98. The van der Waals surface area contributed by atoms with E-state index in [0.717, 1.165) is 22.8 Å². The molecule has 0 aliphatic carbocycles. The van der Waals surface area contributed by atoms with Gasteiger partial charge in [0.1, 0.15) is 5.82 Å². The number of pyridine rings is 1. The van der Waals surface area contributed by atoms with Gasteiger partial charge in [-0.05, 0) is 30.7 Å². The van der Waals surface area contributed by atoms with E-state index >= 15 is 0 Å². The monoisotopic (exact) mass is 209 g/mol. The lowest BCUT2D eigenvalue weighted by molar-refractivity contribution is 0.807. The summed E-state index contributed by atoms with van der Waals surface area (Å²) in [4.78, 5) is 4.26. The maximum Gasteiger partial charge on any atom is 0.149 e. The van der Waals surface area contributed by atoms with Gasteiger partial charge in [-0.15, -0.1) is 0 Å². The van der Waals surface area contributed by atoms with Crippen LogP contribution >= 0.6 is 11.8 Å². The van der Waals surface area contributed by atoms with Crippen molar-refractivity contribution >= 4 is 23.3 Å². The van der Waals surface area contributed by atoms with Crippen LogP contribution in [0.15, 0.2) is 12.3 Å². The molecular formula is C10H15N3S. The number of aromatic nitrogens is 1. The quantitative estimate of drug-likeness (QED) is 0.781. The molecule has 3 N–H and O–H groups in total. The Labute approximate surface area is 88.5 Å². The average Bonchev–Trinajstić information content (AvgIpc) is 2.66. The highest BCUT2D eigenvalue weighted by Crippen LogP contribution is 2.24. The van der Waals surface area contributed by atoms with Crippen LogP contribution < -0.4 is 11.1 Å². The maximum atomic E-state index is 5.93. The molecule has 1 aliphatic rings. The molecule has 1 aromatic rings. The van der Waals surface area contributed by atoms with Crippen LogP contribution in [0.3, 0.4) is 0 Å². The van der Waals surface area contributed by atoms with Gasteiger partial charge in [-0.2, -0.15) is 11.8 Å². The molecule has 1 aliphatic heterocycles. The van der Waals surface area contributed by atoms with Crippen molar-refractivity contribution in [3.63, 3.8) is 0 Å². The lowest BCUT2D eigenvalue weighted by Crippen LogP contribution is -2.20. The second-order valence-corrected chi connectivity index (χ2v) is 4.74. The fourth-order valence-electron chi connectivity index (χ4n) is 1.53. The van der Waals surface area contributed by atoms with Gasteiger partial charge in [0.05, 0.1) is 5.69 Å². The van der Waals surface area contributed by atoms with Crippen LogP contribution in [0.5, 0.6) is 0 Å². The third-order valence-electron chi connectivity index (χ3n) is 2.48. The van der Waals surface area contributed by atoms with Crippen molar-refractivity contribution in [1.29, 1.82) is 0 Å². The molecule has 1 unspecified atom stereocenters. The minimum atomic E-state index is 0.539. The fraction of sp³-hybridized carbons (Fsp3) is 0.500. The zero-order valence-electron chi connectivity index (χ0n) is 8.29. The number of thioether (sulfide) groups is 1. The summed E-state index contributed by atoms with van der Waals surface area (Å²) in [5.74, 6) is 3.25. The first-order chi connectivity index (χ1) is 6.77. The molecule has 0 spiro atoms. The lowest BCUT2D eigenvalue weighted by atomic mass is 10.2. The smallest absolute Gasteiger partial charge is 0.149 e. The number of anilines is 2. The van der Waals surface area contributed by atoms with Gasteiger partial charge in [0.15, 0.2) is 0 Å². The van der Waals surface area contributed by atoms with Crippen molar-refractivity contribution in [2.75, 3.05) is 22.6 Å². The summed E-state index contributed by atoms with van der Waals surface area (Å²) >= 11 is 1.98. The van der Waals surface area contributed by atoms with E-state index in [2.05, 4.69) is 10.3 Å². The molecule has 0 aromatic carbocycles. The zero-order valence-corrected chi connectivity index (χ0v) is 9.10. The molecule has 0 saturated carbocycles. The van der Waals surface area contributed by atoms with E-state index in [9.17, 15) is 0 Å². The Morgan fingerprint density at radius 1 is 1.64 bits per heavy atom. The second-order valence-electron chi connectivity index (χ2n) is 3.59. The summed E-state index contributed by atoms with van der Waals surface area (Å²) in [5, 5.41) is 3.39. The van der Waals surface area contributed by atoms with Gasteiger partial charge in [0, 0.05) is 18.0 Å². The van der Waals surface area contributed by atoms with Crippen molar-refractivity contribution < 1.29 is 0 Å². The highest BCUT2D eigenvalue weighted by molar-refractivity contribution is 7.99. The normalized spacial score (nSPS) is 21.1. The van der Waals surface area contributed by atoms with Crippen molar-refractivity contribution in [3.8, 4) is 0 Å². The van der Waals surface area contributed by atoms with Gasteiger partial charge >= 0.3 is 0 Å². The predicted molar refractivity (Wildman–Crippen MR) is 62.7 cm³/mol. The molecular weight excluding hydrogens is 194 g/mol. The molecule has 1 atom stereocenters. The summed E-state index contributed by atoms with van der Waals surface area (Å²) in [7, 11) is 0. The number of nitrogens with two attached hydrogens (primary N) is 1. The summed E-state index contributed by atoms with van der Waals surface area (Å²) in [6, 6.07) is 2.47. The van der Waals surface area contributed by atoms with Gasteiger partial charge in [-0.3, -0.25) is 0 Å². The molecule has 1 fully saturated rings. The molecule has 2 heterocycles. The van der Waals surface area contributed by atoms with Crippen molar-refractivity contribution in [2.45, 2.75) is 19.4 Å². The highest BCUT2D eigenvalue weighted by Gasteiger charge is 2.16. The molecule has 4 heteroatoms. The molecule has 1 aromatic heterocycles. The molecule has 0 amide bonds. The Bertz CT molecular complexity index is 321. The minimum absolute atomic E-state index is 0.539. The maximum absolute atomic E-state index is 5.93. The number of hydrogen-bond acceptors (Lipinski definition) is 4. The number of rotatable bonds is 2. The number of nitrogen functional groups attached to an aromatic ring is 1.